The number of thiophene rings is 1. The molecule has 0 bridgehead atoms. The predicted octanol–water partition coefficient (Wildman–Crippen LogP) is 2.10. The maximum absolute atomic E-state index is 10.8. The summed E-state index contributed by atoms with van der Waals surface area (Å²) in [6.07, 6.45) is 1.13. The summed E-state index contributed by atoms with van der Waals surface area (Å²) in [5.74, 6) is -0.888. The molecule has 0 radical (unpaired) electrons. The van der Waals surface area contributed by atoms with Gasteiger partial charge in [0, 0.05) is 11.6 Å². The molecule has 0 saturated carbocycles. The molecule has 2 heterocycles. The quantitative estimate of drug-likeness (QED) is 0.857. The van der Waals surface area contributed by atoms with E-state index in [1.807, 2.05) is 6.92 Å². The van der Waals surface area contributed by atoms with Crippen LogP contribution in [0.1, 0.15) is 17.3 Å². The Morgan fingerprint density at radius 1 is 1.62 bits per heavy atom. The molecule has 0 aromatic carbocycles. The molecule has 0 fully saturated rings. The van der Waals surface area contributed by atoms with Crippen LogP contribution < -0.4 is 4.74 Å². The van der Waals surface area contributed by atoms with Crippen molar-refractivity contribution in [1.82, 2.24) is 4.98 Å². The number of nitrogens with zero attached hydrogens (tertiary/aromatic N) is 1. The van der Waals surface area contributed by atoms with Crippen molar-refractivity contribution in [2.75, 3.05) is 6.61 Å². The van der Waals surface area contributed by atoms with E-state index in [0.29, 0.717) is 22.6 Å². The Balaban J connectivity index is 2.64. The van der Waals surface area contributed by atoms with Crippen LogP contribution in [0, 0.1) is 0 Å². The first-order valence-electron chi connectivity index (χ1n) is 4.60. The number of carboxylic acid groups (broad SMARTS) is 1. The Morgan fingerprint density at radius 2 is 2.38 bits per heavy atom. The minimum Gasteiger partial charge on any atom is -0.505 e. The van der Waals surface area contributed by atoms with E-state index in [1.54, 1.807) is 5.38 Å². The highest BCUT2D eigenvalue weighted by Crippen LogP contribution is 2.37. The molecule has 2 aromatic heterocycles. The molecule has 2 N–H and O–H groups in total. The molecule has 6 heteroatoms. The second-order valence-corrected chi connectivity index (χ2v) is 3.92. The van der Waals surface area contributed by atoms with Gasteiger partial charge in [0.05, 0.1) is 11.3 Å². The third-order valence-corrected chi connectivity index (χ3v) is 3.01. The summed E-state index contributed by atoms with van der Waals surface area (Å²) in [6.45, 7) is 2.34. The van der Waals surface area contributed by atoms with E-state index in [9.17, 15) is 9.90 Å². The van der Waals surface area contributed by atoms with Gasteiger partial charge in [0.15, 0.2) is 11.5 Å². The van der Waals surface area contributed by atoms with Crippen LogP contribution in [0.15, 0.2) is 11.6 Å². The van der Waals surface area contributed by atoms with Crippen molar-refractivity contribution in [1.29, 1.82) is 0 Å². The van der Waals surface area contributed by atoms with Gasteiger partial charge in [-0.2, -0.15) is 0 Å². The number of carbonyl (C=O) groups is 1. The van der Waals surface area contributed by atoms with Gasteiger partial charge in [0.25, 0.3) is 0 Å². The van der Waals surface area contributed by atoms with Gasteiger partial charge in [-0.3, -0.25) is 4.98 Å². The van der Waals surface area contributed by atoms with Crippen molar-refractivity contribution in [3.63, 3.8) is 0 Å². The summed E-state index contributed by atoms with van der Waals surface area (Å²) in [7, 11) is 0. The smallest absolute Gasteiger partial charge is 0.341 e. The Labute approximate surface area is 94.9 Å². The van der Waals surface area contributed by atoms with Crippen molar-refractivity contribution in [2.24, 2.45) is 0 Å². The number of aromatic hydroxyl groups is 1. The van der Waals surface area contributed by atoms with Crippen molar-refractivity contribution in [3.8, 4) is 11.5 Å². The van der Waals surface area contributed by atoms with E-state index >= 15 is 0 Å². The average Bonchev–Trinajstić information content (AvgIpc) is 2.63. The zero-order chi connectivity index (χ0) is 11.7. The molecular weight excluding hydrogens is 230 g/mol. The standard InChI is InChI=1S/C10H9NO4S/c1-2-15-6-4-16-9-7(6)11-3-5(8(9)12)10(13)14/h3-4H,2H2,1H3,(H,11,12)(H,13,14). The van der Waals surface area contributed by atoms with Crippen LogP contribution in [0.5, 0.6) is 11.5 Å². The Hall–Kier alpha value is -1.82. The summed E-state index contributed by atoms with van der Waals surface area (Å²) < 4.78 is 5.74. The molecule has 0 atom stereocenters. The number of hydrogen-bond acceptors (Lipinski definition) is 5. The molecule has 84 valence electrons. The SMILES string of the molecule is CCOc1csc2c(O)c(C(=O)O)cnc12. The molecule has 2 aromatic rings. The van der Waals surface area contributed by atoms with Crippen molar-refractivity contribution in [3.05, 3.63) is 17.1 Å². The van der Waals surface area contributed by atoms with Crippen molar-refractivity contribution >= 4 is 27.5 Å². The lowest BCUT2D eigenvalue weighted by Crippen LogP contribution is -1.98. The maximum atomic E-state index is 10.8. The first-order chi connectivity index (χ1) is 7.65. The summed E-state index contributed by atoms with van der Waals surface area (Å²) in [5.41, 5.74) is 0.298. The first-order valence-corrected chi connectivity index (χ1v) is 5.48. The summed E-state index contributed by atoms with van der Waals surface area (Å²) in [5, 5.41) is 20.2. The van der Waals surface area contributed by atoms with E-state index in [0.717, 1.165) is 6.20 Å². The zero-order valence-electron chi connectivity index (χ0n) is 8.43. The van der Waals surface area contributed by atoms with Crippen LogP contribution in [0.3, 0.4) is 0 Å². The van der Waals surface area contributed by atoms with Crippen LogP contribution in [0.25, 0.3) is 10.2 Å². The lowest BCUT2D eigenvalue weighted by atomic mass is 10.2. The molecule has 0 aliphatic rings. The molecule has 0 aliphatic carbocycles. The number of ether oxygens (including phenoxy) is 1. The minimum atomic E-state index is -1.20. The molecule has 0 aliphatic heterocycles. The summed E-state index contributed by atoms with van der Waals surface area (Å²) >= 11 is 1.21. The number of rotatable bonds is 3. The van der Waals surface area contributed by atoms with Crippen LogP contribution in [0.2, 0.25) is 0 Å². The molecule has 16 heavy (non-hydrogen) atoms. The van der Waals surface area contributed by atoms with E-state index in [-0.39, 0.29) is 11.3 Å². The van der Waals surface area contributed by atoms with Crippen LogP contribution in [0.4, 0.5) is 0 Å². The van der Waals surface area contributed by atoms with Gasteiger partial charge >= 0.3 is 5.97 Å². The van der Waals surface area contributed by atoms with Crippen molar-refractivity contribution < 1.29 is 19.7 Å². The monoisotopic (exact) mass is 239 g/mol. The largest absolute Gasteiger partial charge is 0.505 e. The highest BCUT2D eigenvalue weighted by molar-refractivity contribution is 7.18. The molecule has 0 saturated heterocycles. The van der Waals surface area contributed by atoms with Gasteiger partial charge in [-0.15, -0.1) is 11.3 Å². The topological polar surface area (TPSA) is 79.7 Å². The minimum absolute atomic E-state index is 0.197. The predicted molar refractivity (Wildman–Crippen MR) is 59.4 cm³/mol. The summed E-state index contributed by atoms with van der Waals surface area (Å²) in [6, 6.07) is 0. The number of hydrogen-bond donors (Lipinski definition) is 2. The zero-order valence-corrected chi connectivity index (χ0v) is 9.24. The second-order valence-electron chi connectivity index (χ2n) is 3.04. The van der Waals surface area contributed by atoms with Crippen LogP contribution in [-0.2, 0) is 0 Å². The van der Waals surface area contributed by atoms with Crippen LogP contribution >= 0.6 is 11.3 Å². The van der Waals surface area contributed by atoms with Crippen molar-refractivity contribution in [2.45, 2.75) is 6.92 Å². The number of carboxylic acids is 1. The second kappa shape index (κ2) is 3.97. The third-order valence-electron chi connectivity index (χ3n) is 2.06. The molecular formula is C10H9NO4S. The van der Waals surface area contributed by atoms with Gasteiger partial charge in [0.1, 0.15) is 11.1 Å². The molecule has 5 nitrogen and oxygen atoms in total. The van der Waals surface area contributed by atoms with E-state index in [4.69, 9.17) is 9.84 Å². The maximum Gasteiger partial charge on any atom is 0.341 e. The number of fused-ring (bicyclic) bond motifs is 1. The number of aromatic carboxylic acids is 1. The fourth-order valence-corrected chi connectivity index (χ4v) is 2.24. The van der Waals surface area contributed by atoms with Gasteiger partial charge in [-0.25, -0.2) is 4.79 Å². The number of aromatic nitrogens is 1. The van der Waals surface area contributed by atoms with Gasteiger partial charge in [0.2, 0.25) is 0 Å². The highest BCUT2D eigenvalue weighted by atomic mass is 32.1. The normalized spacial score (nSPS) is 10.6. The van der Waals surface area contributed by atoms with E-state index in [1.165, 1.54) is 11.3 Å². The van der Waals surface area contributed by atoms with Gasteiger partial charge in [-0.1, -0.05) is 0 Å². The molecule has 0 unspecified atom stereocenters. The molecule has 0 spiro atoms. The summed E-state index contributed by atoms with van der Waals surface area (Å²) in [4.78, 5) is 14.8. The molecule has 2 rings (SSSR count). The fraction of sp³-hybridized carbons (Fsp3) is 0.200. The Morgan fingerprint density at radius 3 is 3.00 bits per heavy atom. The Kier molecular flexibility index (Phi) is 2.66. The fourth-order valence-electron chi connectivity index (χ4n) is 1.35. The highest BCUT2D eigenvalue weighted by Gasteiger charge is 2.17. The molecule has 0 amide bonds. The van der Waals surface area contributed by atoms with Gasteiger partial charge in [-0.05, 0) is 6.92 Å². The lowest BCUT2D eigenvalue weighted by molar-refractivity contribution is 0.0693. The average molecular weight is 239 g/mol. The van der Waals surface area contributed by atoms with E-state index in [2.05, 4.69) is 4.98 Å². The lowest BCUT2D eigenvalue weighted by Gasteiger charge is -2.02. The van der Waals surface area contributed by atoms with Crippen LogP contribution in [-0.4, -0.2) is 27.8 Å². The first kappa shape index (κ1) is 10.7. The number of pyridine rings is 1. The Bertz CT molecular complexity index is 549. The van der Waals surface area contributed by atoms with Gasteiger partial charge < -0.3 is 14.9 Å². The van der Waals surface area contributed by atoms with E-state index < -0.39 is 5.97 Å². The third kappa shape index (κ3) is 1.57.